The van der Waals surface area contributed by atoms with Crippen LogP contribution in [0.5, 0.6) is 0 Å². The van der Waals surface area contributed by atoms with Crippen molar-refractivity contribution in [1.29, 1.82) is 0 Å². The molecule has 0 radical (unpaired) electrons. The molecule has 3 N–H and O–H groups in total. The molecular formula is C14H20N4O3. The van der Waals surface area contributed by atoms with Crippen molar-refractivity contribution in [2.45, 2.75) is 38.6 Å². The first-order valence-electron chi connectivity index (χ1n) is 7.14. The van der Waals surface area contributed by atoms with Gasteiger partial charge in [0.1, 0.15) is 5.69 Å². The van der Waals surface area contributed by atoms with Crippen LogP contribution in [0.25, 0.3) is 0 Å². The van der Waals surface area contributed by atoms with Crippen molar-refractivity contribution in [2.24, 2.45) is 5.84 Å². The molecule has 1 aliphatic rings. The van der Waals surface area contributed by atoms with Gasteiger partial charge < -0.3 is 10.3 Å². The number of nitro benzene ring substituents is 1. The van der Waals surface area contributed by atoms with E-state index in [2.05, 4.69) is 5.43 Å². The van der Waals surface area contributed by atoms with E-state index < -0.39 is 4.92 Å². The monoisotopic (exact) mass is 292 g/mol. The van der Waals surface area contributed by atoms with Gasteiger partial charge >= 0.3 is 0 Å². The summed E-state index contributed by atoms with van der Waals surface area (Å²) in [5.41, 5.74) is 3.27. The number of amides is 1. The zero-order chi connectivity index (χ0) is 15.2. The first-order valence-corrected chi connectivity index (χ1v) is 7.14. The Labute approximate surface area is 123 Å². The molecule has 0 atom stereocenters. The Morgan fingerprint density at radius 3 is 2.76 bits per heavy atom. The molecule has 1 aromatic rings. The fraction of sp³-hybridized carbons (Fsp3) is 0.500. The number of nitrogen functional groups attached to an aromatic ring is 1. The van der Waals surface area contributed by atoms with E-state index in [1.807, 2.05) is 0 Å². The second-order valence-corrected chi connectivity index (χ2v) is 5.19. The van der Waals surface area contributed by atoms with Crippen molar-refractivity contribution < 1.29 is 9.72 Å². The van der Waals surface area contributed by atoms with Crippen LogP contribution in [0, 0.1) is 10.1 Å². The van der Waals surface area contributed by atoms with Crippen LogP contribution in [-0.2, 0) is 11.3 Å². The number of hydrogen-bond acceptors (Lipinski definition) is 5. The lowest BCUT2D eigenvalue weighted by atomic mass is 10.1. The molecule has 1 fully saturated rings. The highest BCUT2D eigenvalue weighted by Gasteiger charge is 2.21. The maximum Gasteiger partial charge on any atom is 0.293 e. The Balaban J connectivity index is 2.23. The number of likely N-dealkylation sites (tertiary alicyclic amines) is 1. The maximum atomic E-state index is 12.1. The normalized spacial score (nSPS) is 16.2. The van der Waals surface area contributed by atoms with Gasteiger partial charge in [0.25, 0.3) is 5.69 Å². The topological polar surface area (TPSA) is 102 Å². The molecule has 1 aliphatic heterocycles. The molecule has 1 amide bonds. The van der Waals surface area contributed by atoms with E-state index in [1.54, 1.807) is 17.0 Å². The molecule has 0 aliphatic carbocycles. The van der Waals surface area contributed by atoms with E-state index in [4.69, 9.17) is 5.84 Å². The summed E-state index contributed by atoms with van der Waals surface area (Å²) in [5, 5.41) is 11.0. The second kappa shape index (κ2) is 7.03. The first kappa shape index (κ1) is 15.2. The molecule has 0 saturated carbocycles. The van der Waals surface area contributed by atoms with Crippen LogP contribution in [0.4, 0.5) is 11.4 Å². The van der Waals surface area contributed by atoms with Crippen LogP contribution in [0.15, 0.2) is 18.2 Å². The summed E-state index contributed by atoms with van der Waals surface area (Å²) in [4.78, 5) is 24.4. The summed E-state index contributed by atoms with van der Waals surface area (Å²) in [6.45, 7) is 1.03. The molecule has 0 bridgehead atoms. The minimum Gasteiger partial charge on any atom is -0.338 e. The minimum atomic E-state index is -0.478. The summed E-state index contributed by atoms with van der Waals surface area (Å²) < 4.78 is 0. The molecule has 21 heavy (non-hydrogen) atoms. The van der Waals surface area contributed by atoms with Crippen LogP contribution in [0.1, 0.15) is 37.7 Å². The van der Waals surface area contributed by atoms with Gasteiger partial charge in [-0.1, -0.05) is 25.0 Å². The van der Waals surface area contributed by atoms with Crippen LogP contribution in [-0.4, -0.2) is 22.3 Å². The summed E-state index contributed by atoms with van der Waals surface area (Å²) in [6, 6.07) is 4.77. The number of para-hydroxylation sites is 1. The molecule has 114 valence electrons. The minimum absolute atomic E-state index is 0.0745. The van der Waals surface area contributed by atoms with E-state index in [-0.39, 0.29) is 17.3 Å². The third kappa shape index (κ3) is 3.69. The zero-order valence-electron chi connectivity index (χ0n) is 11.9. The molecule has 1 heterocycles. The average Bonchev–Trinajstić information content (AvgIpc) is 2.46. The smallest absolute Gasteiger partial charge is 0.293 e. The third-order valence-corrected chi connectivity index (χ3v) is 3.75. The lowest BCUT2D eigenvalue weighted by Crippen LogP contribution is -2.32. The number of nitrogens with zero attached hydrogens (tertiary/aromatic N) is 2. The Morgan fingerprint density at radius 2 is 2.05 bits per heavy atom. The Kier molecular flexibility index (Phi) is 5.10. The highest BCUT2D eigenvalue weighted by atomic mass is 16.6. The van der Waals surface area contributed by atoms with E-state index in [1.165, 1.54) is 6.07 Å². The van der Waals surface area contributed by atoms with Crippen molar-refractivity contribution in [1.82, 2.24) is 4.90 Å². The molecule has 7 nitrogen and oxygen atoms in total. The van der Waals surface area contributed by atoms with Crippen LogP contribution >= 0.6 is 0 Å². The van der Waals surface area contributed by atoms with Gasteiger partial charge in [-0.15, -0.1) is 0 Å². The fourth-order valence-electron chi connectivity index (χ4n) is 2.63. The molecule has 1 aromatic carbocycles. The van der Waals surface area contributed by atoms with Crippen molar-refractivity contribution in [3.05, 3.63) is 33.9 Å². The standard InChI is InChI=1S/C14H20N4O3/c15-16-14-11(6-5-7-12(14)18(20)21)10-17-9-4-2-1-3-8-13(17)19/h5-7,16H,1-4,8-10,15H2. The van der Waals surface area contributed by atoms with Gasteiger partial charge in [0.2, 0.25) is 5.91 Å². The number of nitrogens with one attached hydrogen (secondary N) is 1. The molecule has 7 heteroatoms. The number of benzene rings is 1. The van der Waals surface area contributed by atoms with Gasteiger partial charge in [0.05, 0.1) is 4.92 Å². The number of carbonyl (C=O) groups excluding carboxylic acids is 1. The van der Waals surface area contributed by atoms with Crippen molar-refractivity contribution in [2.75, 3.05) is 12.0 Å². The fourth-order valence-corrected chi connectivity index (χ4v) is 2.63. The quantitative estimate of drug-likeness (QED) is 0.503. The van der Waals surface area contributed by atoms with Crippen LogP contribution < -0.4 is 11.3 Å². The largest absolute Gasteiger partial charge is 0.338 e. The number of nitro groups is 1. The van der Waals surface area contributed by atoms with E-state index in [9.17, 15) is 14.9 Å². The van der Waals surface area contributed by atoms with Crippen LogP contribution in [0.2, 0.25) is 0 Å². The predicted octanol–water partition coefficient (Wildman–Crippen LogP) is 2.17. The van der Waals surface area contributed by atoms with E-state index >= 15 is 0 Å². The number of nitrogens with two attached hydrogens (primary N) is 1. The third-order valence-electron chi connectivity index (χ3n) is 3.75. The number of anilines is 1. The predicted molar refractivity (Wildman–Crippen MR) is 79.4 cm³/mol. The summed E-state index contributed by atoms with van der Waals surface area (Å²) in [7, 11) is 0. The van der Waals surface area contributed by atoms with Gasteiger partial charge in [-0.05, 0) is 12.8 Å². The molecule has 0 spiro atoms. The summed E-state index contributed by atoms with van der Waals surface area (Å²) in [6.07, 6.45) is 4.62. The zero-order valence-corrected chi connectivity index (χ0v) is 11.9. The second-order valence-electron chi connectivity index (χ2n) is 5.19. The van der Waals surface area contributed by atoms with Crippen molar-refractivity contribution >= 4 is 17.3 Å². The van der Waals surface area contributed by atoms with Crippen molar-refractivity contribution in [3.8, 4) is 0 Å². The molecular weight excluding hydrogens is 272 g/mol. The van der Waals surface area contributed by atoms with E-state index in [0.717, 1.165) is 25.7 Å². The number of hydrogen-bond donors (Lipinski definition) is 2. The SMILES string of the molecule is NNc1c(CN2CCCCCCC2=O)cccc1[N+](=O)[O-]. The summed E-state index contributed by atoms with van der Waals surface area (Å²) >= 11 is 0. The van der Waals surface area contributed by atoms with E-state index in [0.29, 0.717) is 25.1 Å². The van der Waals surface area contributed by atoms with Crippen molar-refractivity contribution in [3.63, 3.8) is 0 Å². The lowest BCUT2D eigenvalue weighted by molar-refractivity contribution is -0.384. The van der Waals surface area contributed by atoms with Gasteiger partial charge in [-0.3, -0.25) is 20.8 Å². The lowest BCUT2D eigenvalue weighted by Gasteiger charge is -2.25. The average molecular weight is 292 g/mol. The molecule has 2 rings (SSSR count). The van der Waals surface area contributed by atoms with Gasteiger partial charge in [0.15, 0.2) is 0 Å². The number of rotatable bonds is 4. The Hall–Kier alpha value is -2.15. The van der Waals surface area contributed by atoms with Gasteiger partial charge in [-0.25, -0.2) is 0 Å². The number of carbonyl (C=O) groups is 1. The van der Waals surface area contributed by atoms with Gasteiger partial charge in [-0.2, -0.15) is 0 Å². The maximum absolute atomic E-state index is 12.1. The molecule has 0 aromatic heterocycles. The van der Waals surface area contributed by atoms with Crippen LogP contribution in [0.3, 0.4) is 0 Å². The van der Waals surface area contributed by atoms with Gasteiger partial charge in [0, 0.05) is 31.1 Å². The highest BCUT2D eigenvalue weighted by Crippen LogP contribution is 2.28. The molecule has 0 unspecified atom stereocenters. The number of hydrazine groups is 1. The highest BCUT2D eigenvalue weighted by molar-refractivity contribution is 5.77. The summed E-state index contributed by atoms with van der Waals surface area (Å²) in [5.74, 6) is 5.53. The molecule has 1 saturated heterocycles. The Bertz CT molecular complexity index is 533. The Morgan fingerprint density at radius 1 is 1.29 bits per heavy atom. The first-order chi connectivity index (χ1) is 10.1.